The fraction of sp³-hybridized carbons (Fsp3) is 0.444. The molecule has 35 heavy (non-hydrogen) atoms. The van der Waals surface area contributed by atoms with Crippen LogP contribution >= 0.6 is 0 Å². The highest BCUT2D eigenvalue weighted by Gasteiger charge is 2.35. The Bertz CT molecular complexity index is 1090. The first-order chi connectivity index (χ1) is 16.8. The first-order valence-corrected chi connectivity index (χ1v) is 12.2. The molecular formula is C27H32FN3O4. The average Bonchev–Trinajstić information content (AvgIpc) is 2.87. The molecule has 0 radical (unpaired) electrons. The molecule has 7 nitrogen and oxygen atoms in total. The Morgan fingerprint density at radius 2 is 1.77 bits per heavy atom. The van der Waals surface area contributed by atoms with Gasteiger partial charge in [0, 0.05) is 49.0 Å². The van der Waals surface area contributed by atoms with Crippen LogP contribution in [0, 0.1) is 11.7 Å². The molecule has 0 spiro atoms. The van der Waals surface area contributed by atoms with Gasteiger partial charge >= 0.3 is 11.8 Å². The topological polar surface area (TPSA) is 87.7 Å². The van der Waals surface area contributed by atoms with Gasteiger partial charge in [-0.05, 0) is 61.1 Å². The normalized spacial score (nSPS) is 17.0. The summed E-state index contributed by atoms with van der Waals surface area (Å²) in [6, 6.07) is 11.7. The van der Waals surface area contributed by atoms with Crippen molar-refractivity contribution in [3.63, 3.8) is 0 Å². The summed E-state index contributed by atoms with van der Waals surface area (Å²) in [5, 5.41) is 5.43. The number of carbonyl (C=O) groups excluding carboxylic acids is 3. The number of amides is 3. The predicted molar refractivity (Wildman–Crippen MR) is 132 cm³/mol. The van der Waals surface area contributed by atoms with Gasteiger partial charge in [-0.25, -0.2) is 4.39 Å². The highest BCUT2D eigenvalue weighted by Crippen LogP contribution is 2.34. The van der Waals surface area contributed by atoms with Crippen molar-refractivity contribution in [1.29, 1.82) is 0 Å². The third-order valence-corrected chi connectivity index (χ3v) is 6.92. The number of fused-ring (bicyclic) bond motifs is 1. The number of benzene rings is 2. The molecule has 4 rings (SSSR count). The van der Waals surface area contributed by atoms with Crippen LogP contribution in [0.2, 0.25) is 0 Å². The lowest BCUT2D eigenvalue weighted by atomic mass is 9.74. The van der Waals surface area contributed by atoms with Crippen molar-refractivity contribution >= 4 is 29.1 Å². The molecule has 0 unspecified atom stereocenters. The molecule has 2 aliphatic rings. The van der Waals surface area contributed by atoms with E-state index in [0.29, 0.717) is 38.3 Å². The highest BCUT2D eigenvalue weighted by molar-refractivity contribution is 6.39. The Morgan fingerprint density at radius 1 is 1.06 bits per heavy atom. The number of aryl methyl sites for hydroxylation is 1. The molecule has 0 aromatic heterocycles. The second-order valence-corrected chi connectivity index (χ2v) is 9.63. The summed E-state index contributed by atoms with van der Waals surface area (Å²) in [6.45, 7) is 5.67. The van der Waals surface area contributed by atoms with E-state index in [1.54, 1.807) is 29.2 Å². The fourth-order valence-electron chi connectivity index (χ4n) is 4.84. The average molecular weight is 482 g/mol. The van der Waals surface area contributed by atoms with Crippen LogP contribution in [0.15, 0.2) is 42.5 Å². The van der Waals surface area contributed by atoms with E-state index in [1.807, 2.05) is 19.9 Å². The monoisotopic (exact) mass is 481 g/mol. The molecule has 2 aliphatic heterocycles. The van der Waals surface area contributed by atoms with Crippen LogP contribution in [0.4, 0.5) is 15.8 Å². The van der Waals surface area contributed by atoms with Crippen LogP contribution in [0.25, 0.3) is 0 Å². The number of halogens is 1. The standard InChI is InChI=1S/C27H32FN3O4/c1-18(2)26(34)31-13-3-4-19-5-10-22(16-23(19)31)30-25(33)24(32)29-17-27(11-14-35-15-12-27)20-6-8-21(28)9-7-20/h5-10,16,18H,3-4,11-15,17H2,1-2H3,(H,29,32)(H,30,33). The largest absolute Gasteiger partial charge is 0.381 e. The predicted octanol–water partition coefficient (Wildman–Crippen LogP) is 3.56. The Balaban J connectivity index is 1.44. The summed E-state index contributed by atoms with van der Waals surface area (Å²) in [7, 11) is 0. The van der Waals surface area contributed by atoms with Gasteiger partial charge in [-0.15, -0.1) is 0 Å². The van der Waals surface area contributed by atoms with Crippen molar-refractivity contribution in [3.05, 3.63) is 59.4 Å². The van der Waals surface area contributed by atoms with Crippen LogP contribution in [0.3, 0.4) is 0 Å². The first-order valence-electron chi connectivity index (χ1n) is 12.2. The molecule has 0 saturated carbocycles. The third-order valence-electron chi connectivity index (χ3n) is 6.92. The minimum Gasteiger partial charge on any atom is -0.381 e. The molecule has 2 aromatic rings. The summed E-state index contributed by atoms with van der Waals surface area (Å²) >= 11 is 0. The van der Waals surface area contributed by atoms with Gasteiger partial charge in [-0.1, -0.05) is 32.0 Å². The second kappa shape index (κ2) is 10.6. The zero-order valence-corrected chi connectivity index (χ0v) is 20.2. The zero-order chi connectivity index (χ0) is 25.0. The molecule has 0 aliphatic carbocycles. The van der Waals surface area contributed by atoms with Crippen molar-refractivity contribution in [3.8, 4) is 0 Å². The quantitative estimate of drug-likeness (QED) is 0.640. The fourth-order valence-corrected chi connectivity index (χ4v) is 4.84. The molecule has 2 N–H and O–H groups in total. The highest BCUT2D eigenvalue weighted by atomic mass is 19.1. The number of rotatable bonds is 5. The first kappa shape index (κ1) is 24.9. The van der Waals surface area contributed by atoms with E-state index in [-0.39, 0.29) is 24.2 Å². The van der Waals surface area contributed by atoms with Crippen LogP contribution in [0.1, 0.15) is 44.2 Å². The summed E-state index contributed by atoms with van der Waals surface area (Å²) in [4.78, 5) is 39.8. The van der Waals surface area contributed by atoms with E-state index in [4.69, 9.17) is 4.74 Å². The maximum Gasteiger partial charge on any atom is 0.313 e. The van der Waals surface area contributed by atoms with Gasteiger partial charge < -0.3 is 20.3 Å². The Hall–Kier alpha value is -3.26. The number of nitrogens with zero attached hydrogens (tertiary/aromatic N) is 1. The van der Waals surface area contributed by atoms with E-state index in [9.17, 15) is 18.8 Å². The molecule has 186 valence electrons. The van der Waals surface area contributed by atoms with Crippen LogP contribution in [-0.4, -0.2) is 44.0 Å². The zero-order valence-electron chi connectivity index (χ0n) is 20.2. The van der Waals surface area contributed by atoms with E-state index < -0.39 is 17.2 Å². The molecule has 2 heterocycles. The van der Waals surface area contributed by atoms with E-state index >= 15 is 0 Å². The number of anilines is 2. The third kappa shape index (κ3) is 5.53. The second-order valence-electron chi connectivity index (χ2n) is 9.63. The lowest BCUT2D eigenvalue weighted by molar-refractivity contribution is -0.136. The summed E-state index contributed by atoms with van der Waals surface area (Å²) < 4.78 is 18.9. The lowest BCUT2D eigenvalue weighted by Crippen LogP contribution is -2.47. The Kier molecular flexibility index (Phi) is 7.50. The van der Waals surface area contributed by atoms with Crippen LogP contribution in [-0.2, 0) is 31.0 Å². The van der Waals surface area contributed by atoms with Crippen molar-refractivity contribution in [1.82, 2.24) is 5.32 Å². The Morgan fingerprint density at radius 3 is 2.46 bits per heavy atom. The number of hydrogen-bond donors (Lipinski definition) is 2. The maximum atomic E-state index is 13.4. The van der Waals surface area contributed by atoms with E-state index in [2.05, 4.69) is 10.6 Å². The number of carbonyl (C=O) groups is 3. The molecule has 1 saturated heterocycles. The van der Waals surface area contributed by atoms with Gasteiger partial charge in [0.05, 0.1) is 0 Å². The molecule has 2 aromatic carbocycles. The lowest BCUT2D eigenvalue weighted by Gasteiger charge is -2.37. The molecule has 0 bridgehead atoms. The minimum atomic E-state index is -0.774. The maximum absolute atomic E-state index is 13.4. The number of hydrogen-bond acceptors (Lipinski definition) is 4. The van der Waals surface area contributed by atoms with Crippen molar-refractivity contribution in [2.24, 2.45) is 5.92 Å². The molecule has 8 heteroatoms. The number of nitrogens with one attached hydrogen (secondary N) is 2. The smallest absolute Gasteiger partial charge is 0.313 e. The van der Waals surface area contributed by atoms with Crippen molar-refractivity contribution in [2.45, 2.75) is 44.9 Å². The van der Waals surface area contributed by atoms with Gasteiger partial charge in [-0.3, -0.25) is 14.4 Å². The van der Waals surface area contributed by atoms with Crippen molar-refractivity contribution < 1.29 is 23.5 Å². The van der Waals surface area contributed by atoms with Gasteiger partial charge in [0.2, 0.25) is 5.91 Å². The summed E-state index contributed by atoms with van der Waals surface area (Å²) in [5.74, 6) is -1.94. The van der Waals surface area contributed by atoms with Gasteiger partial charge in [-0.2, -0.15) is 0 Å². The number of ether oxygens (including phenoxy) is 1. The minimum absolute atomic E-state index is 0.0368. The Labute approximate surface area is 205 Å². The van der Waals surface area contributed by atoms with Crippen molar-refractivity contribution in [2.75, 3.05) is 36.5 Å². The molecular weight excluding hydrogens is 449 g/mol. The molecule has 3 amide bonds. The van der Waals surface area contributed by atoms with Gasteiger partial charge in [0.1, 0.15) is 5.82 Å². The van der Waals surface area contributed by atoms with Crippen LogP contribution in [0.5, 0.6) is 0 Å². The SMILES string of the molecule is CC(C)C(=O)N1CCCc2ccc(NC(=O)C(=O)NCC3(c4ccc(F)cc4)CCOCC3)cc21. The summed E-state index contributed by atoms with van der Waals surface area (Å²) in [6.07, 6.45) is 3.07. The van der Waals surface area contributed by atoms with Gasteiger partial charge in [0.15, 0.2) is 0 Å². The van der Waals surface area contributed by atoms with Gasteiger partial charge in [0.25, 0.3) is 0 Å². The van der Waals surface area contributed by atoms with Crippen LogP contribution < -0.4 is 15.5 Å². The van der Waals surface area contributed by atoms with E-state index in [0.717, 1.165) is 29.7 Å². The molecule has 1 fully saturated rings. The van der Waals surface area contributed by atoms with E-state index in [1.165, 1.54) is 12.1 Å². The molecule has 0 atom stereocenters. The summed E-state index contributed by atoms with van der Waals surface area (Å²) in [5.41, 5.74) is 2.78.